The third-order valence-electron chi connectivity index (χ3n) is 4.07. The molecule has 1 aliphatic heterocycles. The van der Waals surface area contributed by atoms with Crippen molar-refractivity contribution in [2.24, 2.45) is 0 Å². The van der Waals surface area contributed by atoms with Crippen LogP contribution in [0.15, 0.2) is 12.1 Å². The SMILES string of the molecule is CCOc1cc(OCC)c([N+](=O)[O-])cc1CCCN1CCNCC1. The molecule has 0 aliphatic carbocycles. The van der Waals surface area contributed by atoms with Crippen LogP contribution in [0.5, 0.6) is 11.5 Å². The molecule has 1 saturated heterocycles. The third-order valence-corrected chi connectivity index (χ3v) is 4.07. The van der Waals surface area contributed by atoms with Crippen LogP contribution in [0.4, 0.5) is 5.69 Å². The molecule has 7 nitrogen and oxygen atoms in total. The highest BCUT2D eigenvalue weighted by Crippen LogP contribution is 2.35. The molecule has 1 aromatic carbocycles. The molecule has 1 heterocycles. The largest absolute Gasteiger partial charge is 0.493 e. The minimum atomic E-state index is -0.388. The molecule has 7 heteroatoms. The summed E-state index contributed by atoms with van der Waals surface area (Å²) in [4.78, 5) is 13.3. The lowest BCUT2D eigenvalue weighted by Crippen LogP contribution is -2.43. The summed E-state index contributed by atoms with van der Waals surface area (Å²) in [6.07, 6.45) is 1.71. The van der Waals surface area contributed by atoms with Gasteiger partial charge in [0.05, 0.1) is 18.1 Å². The first-order chi connectivity index (χ1) is 11.7. The van der Waals surface area contributed by atoms with Gasteiger partial charge in [0.2, 0.25) is 5.75 Å². The molecule has 24 heavy (non-hydrogen) atoms. The maximum absolute atomic E-state index is 11.3. The molecule has 0 saturated carbocycles. The lowest BCUT2D eigenvalue weighted by Gasteiger charge is -2.27. The van der Waals surface area contributed by atoms with Crippen LogP contribution in [0.25, 0.3) is 0 Å². The Balaban J connectivity index is 2.10. The molecule has 1 N–H and O–H groups in total. The van der Waals surface area contributed by atoms with Gasteiger partial charge in [0, 0.05) is 43.9 Å². The molecule has 0 bridgehead atoms. The number of aryl methyl sites for hydroxylation is 1. The van der Waals surface area contributed by atoms with E-state index < -0.39 is 0 Å². The fourth-order valence-electron chi connectivity index (χ4n) is 2.92. The summed E-state index contributed by atoms with van der Waals surface area (Å²) in [7, 11) is 0. The number of hydrogen-bond donors (Lipinski definition) is 1. The smallest absolute Gasteiger partial charge is 0.311 e. The number of piperazine rings is 1. The lowest BCUT2D eigenvalue weighted by molar-refractivity contribution is -0.385. The Labute approximate surface area is 143 Å². The van der Waals surface area contributed by atoms with E-state index in [0.29, 0.717) is 19.0 Å². The molecule has 134 valence electrons. The van der Waals surface area contributed by atoms with Crippen molar-refractivity contribution in [3.63, 3.8) is 0 Å². The van der Waals surface area contributed by atoms with Crippen molar-refractivity contribution in [2.45, 2.75) is 26.7 Å². The maximum atomic E-state index is 11.3. The van der Waals surface area contributed by atoms with E-state index in [0.717, 1.165) is 51.1 Å². The fraction of sp³-hybridized carbons (Fsp3) is 0.647. The van der Waals surface area contributed by atoms with Crippen LogP contribution in [0.3, 0.4) is 0 Å². The van der Waals surface area contributed by atoms with Gasteiger partial charge in [-0.2, -0.15) is 0 Å². The second-order valence-corrected chi connectivity index (χ2v) is 5.75. The van der Waals surface area contributed by atoms with Crippen molar-refractivity contribution in [3.05, 3.63) is 27.8 Å². The van der Waals surface area contributed by atoms with Crippen molar-refractivity contribution in [2.75, 3.05) is 45.9 Å². The van der Waals surface area contributed by atoms with Crippen LogP contribution in [0, 0.1) is 10.1 Å². The number of ether oxygens (including phenoxy) is 2. The summed E-state index contributed by atoms with van der Waals surface area (Å²) in [5, 5.41) is 14.6. The molecule has 1 aromatic rings. The Bertz CT molecular complexity index is 545. The summed E-state index contributed by atoms with van der Waals surface area (Å²) in [5.74, 6) is 0.962. The van der Waals surface area contributed by atoms with Gasteiger partial charge in [-0.1, -0.05) is 0 Å². The highest BCUT2D eigenvalue weighted by atomic mass is 16.6. The second kappa shape index (κ2) is 9.44. The van der Waals surface area contributed by atoms with Gasteiger partial charge in [-0.3, -0.25) is 10.1 Å². The first kappa shape index (κ1) is 18.5. The lowest BCUT2D eigenvalue weighted by atomic mass is 10.1. The van der Waals surface area contributed by atoms with Gasteiger partial charge >= 0.3 is 5.69 Å². The van der Waals surface area contributed by atoms with Crippen molar-refractivity contribution in [3.8, 4) is 11.5 Å². The molecule has 1 aliphatic rings. The monoisotopic (exact) mass is 337 g/mol. The maximum Gasteiger partial charge on any atom is 0.311 e. The topological polar surface area (TPSA) is 76.9 Å². The van der Waals surface area contributed by atoms with Gasteiger partial charge in [-0.25, -0.2) is 0 Å². The van der Waals surface area contributed by atoms with Crippen molar-refractivity contribution >= 4 is 5.69 Å². The van der Waals surface area contributed by atoms with Crippen LogP contribution in [0.2, 0.25) is 0 Å². The minimum absolute atomic E-state index is 0.0116. The number of rotatable bonds is 9. The Morgan fingerprint density at radius 2 is 1.83 bits per heavy atom. The van der Waals surface area contributed by atoms with E-state index in [9.17, 15) is 10.1 Å². The van der Waals surface area contributed by atoms with Gasteiger partial charge in [-0.15, -0.1) is 0 Å². The number of nitrogens with one attached hydrogen (secondary N) is 1. The summed E-state index contributed by atoms with van der Waals surface area (Å²) in [6, 6.07) is 3.26. The van der Waals surface area contributed by atoms with E-state index >= 15 is 0 Å². The zero-order valence-corrected chi connectivity index (χ0v) is 14.5. The zero-order valence-electron chi connectivity index (χ0n) is 14.5. The average Bonchev–Trinajstić information content (AvgIpc) is 2.58. The Kier molecular flexibility index (Phi) is 7.27. The number of hydrogen-bond acceptors (Lipinski definition) is 6. The quantitative estimate of drug-likeness (QED) is 0.550. The van der Waals surface area contributed by atoms with E-state index in [4.69, 9.17) is 9.47 Å². The van der Waals surface area contributed by atoms with Crippen molar-refractivity contribution in [1.29, 1.82) is 0 Å². The molecule has 0 spiro atoms. The van der Waals surface area contributed by atoms with Crippen LogP contribution >= 0.6 is 0 Å². The Morgan fingerprint density at radius 1 is 1.17 bits per heavy atom. The Hall–Kier alpha value is -1.86. The van der Waals surface area contributed by atoms with Crippen molar-refractivity contribution in [1.82, 2.24) is 10.2 Å². The number of nitrogens with zero attached hydrogens (tertiary/aromatic N) is 2. The molecule has 0 radical (unpaired) electrons. The summed E-state index contributed by atoms with van der Waals surface area (Å²) < 4.78 is 11.1. The van der Waals surface area contributed by atoms with Gasteiger partial charge < -0.3 is 19.7 Å². The van der Waals surface area contributed by atoms with E-state index in [-0.39, 0.29) is 16.4 Å². The zero-order chi connectivity index (χ0) is 17.4. The van der Waals surface area contributed by atoms with E-state index in [1.54, 1.807) is 12.1 Å². The average molecular weight is 337 g/mol. The highest BCUT2D eigenvalue weighted by molar-refractivity contribution is 5.55. The first-order valence-corrected chi connectivity index (χ1v) is 8.65. The third kappa shape index (κ3) is 5.07. The van der Waals surface area contributed by atoms with Crippen LogP contribution in [-0.2, 0) is 6.42 Å². The molecule has 2 rings (SSSR count). The predicted octanol–water partition coefficient (Wildman–Crippen LogP) is 2.23. The van der Waals surface area contributed by atoms with Gasteiger partial charge in [0.25, 0.3) is 0 Å². The van der Waals surface area contributed by atoms with Crippen LogP contribution in [0.1, 0.15) is 25.8 Å². The predicted molar refractivity (Wildman–Crippen MR) is 93.1 cm³/mol. The normalized spacial score (nSPS) is 15.2. The second-order valence-electron chi connectivity index (χ2n) is 5.75. The highest BCUT2D eigenvalue weighted by Gasteiger charge is 2.20. The molecular weight excluding hydrogens is 310 g/mol. The number of nitro benzene ring substituents is 1. The summed E-state index contributed by atoms with van der Waals surface area (Å²) in [6.45, 7) is 9.79. The Morgan fingerprint density at radius 3 is 2.46 bits per heavy atom. The van der Waals surface area contributed by atoms with Crippen LogP contribution in [-0.4, -0.2) is 55.8 Å². The summed E-state index contributed by atoms with van der Waals surface area (Å²) in [5.41, 5.74) is 0.889. The van der Waals surface area contributed by atoms with E-state index in [1.807, 2.05) is 13.8 Å². The molecule has 0 atom stereocenters. The van der Waals surface area contributed by atoms with Gasteiger partial charge in [0.1, 0.15) is 5.75 Å². The molecule has 1 fully saturated rings. The molecular formula is C17H27N3O4. The minimum Gasteiger partial charge on any atom is -0.493 e. The number of benzene rings is 1. The van der Waals surface area contributed by atoms with Gasteiger partial charge in [0.15, 0.2) is 0 Å². The fourth-order valence-corrected chi connectivity index (χ4v) is 2.92. The summed E-state index contributed by atoms with van der Waals surface area (Å²) >= 11 is 0. The first-order valence-electron chi connectivity index (χ1n) is 8.65. The van der Waals surface area contributed by atoms with Gasteiger partial charge in [-0.05, 0) is 33.2 Å². The number of nitro groups is 1. The molecule has 0 aromatic heterocycles. The molecule has 0 unspecified atom stereocenters. The molecule has 0 amide bonds. The van der Waals surface area contributed by atoms with Crippen LogP contribution < -0.4 is 14.8 Å². The van der Waals surface area contributed by atoms with Crippen molar-refractivity contribution < 1.29 is 14.4 Å². The standard InChI is InChI=1S/C17H27N3O4/c1-3-23-16-13-17(24-4-2)15(20(21)22)12-14(16)6-5-9-19-10-7-18-8-11-19/h12-13,18H,3-11H2,1-2H3. The van der Waals surface area contributed by atoms with E-state index in [1.165, 1.54) is 0 Å². The van der Waals surface area contributed by atoms with E-state index in [2.05, 4.69) is 10.2 Å².